The number of carboxylic acid groups (broad SMARTS) is 1. The van der Waals surface area contributed by atoms with Crippen molar-refractivity contribution in [1.82, 2.24) is 9.55 Å². The fourth-order valence-electron chi connectivity index (χ4n) is 3.82. The summed E-state index contributed by atoms with van der Waals surface area (Å²) in [7, 11) is 0. The summed E-state index contributed by atoms with van der Waals surface area (Å²) in [6.45, 7) is 0. The Kier molecular flexibility index (Phi) is 4.11. The Morgan fingerprint density at radius 1 is 1.12 bits per heavy atom. The SMILES string of the molecule is O=C(O)c1ccc2c(c1)nc(-c1ccc(O)cc1F)n2C1CCCCC1. The van der Waals surface area contributed by atoms with Gasteiger partial charge in [0.05, 0.1) is 22.2 Å². The van der Waals surface area contributed by atoms with E-state index in [0.717, 1.165) is 37.3 Å². The molecular formula is C20H19FN2O3. The Hall–Kier alpha value is -2.89. The average molecular weight is 354 g/mol. The fourth-order valence-corrected chi connectivity index (χ4v) is 3.82. The van der Waals surface area contributed by atoms with Crippen LogP contribution in [0.25, 0.3) is 22.4 Å². The number of hydrogen-bond donors (Lipinski definition) is 2. The molecule has 0 radical (unpaired) electrons. The number of aromatic carboxylic acids is 1. The summed E-state index contributed by atoms with van der Waals surface area (Å²) in [5.74, 6) is -1.22. The Balaban J connectivity index is 1.95. The monoisotopic (exact) mass is 354 g/mol. The van der Waals surface area contributed by atoms with Crippen molar-refractivity contribution >= 4 is 17.0 Å². The highest BCUT2D eigenvalue weighted by atomic mass is 19.1. The summed E-state index contributed by atoms with van der Waals surface area (Å²) in [6.07, 6.45) is 5.37. The molecule has 2 aromatic carbocycles. The van der Waals surface area contributed by atoms with E-state index in [-0.39, 0.29) is 17.4 Å². The molecule has 1 aliphatic carbocycles. The number of fused-ring (bicyclic) bond motifs is 1. The highest BCUT2D eigenvalue weighted by Gasteiger charge is 2.24. The van der Waals surface area contributed by atoms with E-state index in [0.29, 0.717) is 16.9 Å². The van der Waals surface area contributed by atoms with Gasteiger partial charge in [-0.05, 0) is 43.2 Å². The number of carboxylic acids is 1. The van der Waals surface area contributed by atoms with Gasteiger partial charge in [0.2, 0.25) is 0 Å². The van der Waals surface area contributed by atoms with E-state index >= 15 is 0 Å². The van der Waals surface area contributed by atoms with Crippen molar-refractivity contribution in [2.24, 2.45) is 0 Å². The molecule has 0 saturated heterocycles. The normalized spacial score (nSPS) is 15.4. The molecule has 1 heterocycles. The molecule has 5 nitrogen and oxygen atoms in total. The Morgan fingerprint density at radius 3 is 2.58 bits per heavy atom. The van der Waals surface area contributed by atoms with Crippen molar-refractivity contribution in [2.45, 2.75) is 38.1 Å². The number of halogens is 1. The third-order valence-electron chi connectivity index (χ3n) is 5.07. The van der Waals surface area contributed by atoms with Gasteiger partial charge >= 0.3 is 5.97 Å². The lowest BCUT2D eigenvalue weighted by Gasteiger charge is -2.25. The molecule has 1 aromatic heterocycles. The molecule has 0 spiro atoms. The number of rotatable bonds is 3. The van der Waals surface area contributed by atoms with Crippen molar-refractivity contribution in [3.8, 4) is 17.1 Å². The van der Waals surface area contributed by atoms with Gasteiger partial charge in [-0.3, -0.25) is 0 Å². The van der Waals surface area contributed by atoms with Gasteiger partial charge in [0.1, 0.15) is 17.4 Å². The number of hydrogen-bond acceptors (Lipinski definition) is 3. The van der Waals surface area contributed by atoms with Crippen molar-refractivity contribution in [2.75, 3.05) is 0 Å². The van der Waals surface area contributed by atoms with E-state index in [1.54, 1.807) is 12.1 Å². The number of nitrogens with zero attached hydrogens (tertiary/aromatic N) is 2. The number of phenols is 1. The van der Waals surface area contributed by atoms with Crippen LogP contribution in [-0.2, 0) is 0 Å². The van der Waals surface area contributed by atoms with Crippen LogP contribution in [0, 0.1) is 5.82 Å². The lowest BCUT2D eigenvalue weighted by Crippen LogP contribution is -2.14. The van der Waals surface area contributed by atoms with Crippen LogP contribution in [0.4, 0.5) is 4.39 Å². The minimum atomic E-state index is -1.02. The highest BCUT2D eigenvalue weighted by molar-refractivity contribution is 5.93. The molecule has 1 aliphatic rings. The molecule has 1 fully saturated rings. The first-order chi connectivity index (χ1) is 12.5. The van der Waals surface area contributed by atoms with Gasteiger partial charge < -0.3 is 14.8 Å². The predicted molar refractivity (Wildman–Crippen MR) is 95.9 cm³/mol. The maximum absolute atomic E-state index is 14.5. The Morgan fingerprint density at radius 2 is 1.88 bits per heavy atom. The van der Waals surface area contributed by atoms with Crippen molar-refractivity contribution in [1.29, 1.82) is 0 Å². The number of imidazole rings is 1. The van der Waals surface area contributed by atoms with Gasteiger partial charge in [-0.1, -0.05) is 19.3 Å². The maximum atomic E-state index is 14.5. The first-order valence-electron chi connectivity index (χ1n) is 8.79. The third kappa shape index (κ3) is 2.81. The zero-order valence-electron chi connectivity index (χ0n) is 14.2. The zero-order chi connectivity index (χ0) is 18.3. The van der Waals surface area contributed by atoms with E-state index in [9.17, 15) is 19.4 Å². The largest absolute Gasteiger partial charge is 0.508 e. The van der Waals surface area contributed by atoms with E-state index in [1.165, 1.54) is 24.6 Å². The molecule has 134 valence electrons. The zero-order valence-corrected chi connectivity index (χ0v) is 14.2. The molecule has 3 aromatic rings. The van der Waals surface area contributed by atoms with Crippen LogP contribution < -0.4 is 0 Å². The molecule has 0 amide bonds. The Labute approximate surface area is 149 Å². The van der Waals surface area contributed by atoms with Gasteiger partial charge in [0, 0.05) is 12.1 Å². The molecule has 0 bridgehead atoms. The molecule has 2 N–H and O–H groups in total. The molecule has 0 unspecified atom stereocenters. The summed E-state index contributed by atoms with van der Waals surface area (Å²) in [4.78, 5) is 15.8. The quantitative estimate of drug-likeness (QED) is 0.712. The van der Waals surface area contributed by atoms with E-state index < -0.39 is 11.8 Å². The predicted octanol–water partition coefficient (Wildman–Crippen LogP) is 4.75. The molecule has 1 saturated carbocycles. The minimum absolute atomic E-state index is 0.139. The summed E-state index contributed by atoms with van der Waals surface area (Å²) in [5.41, 5.74) is 1.81. The number of benzene rings is 2. The number of aromatic hydroxyl groups is 1. The first-order valence-corrected chi connectivity index (χ1v) is 8.79. The van der Waals surface area contributed by atoms with Crippen LogP contribution in [0.15, 0.2) is 36.4 Å². The first kappa shape index (κ1) is 16.6. The van der Waals surface area contributed by atoms with E-state index in [2.05, 4.69) is 4.98 Å². The number of carbonyl (C=O) groups is 1. The van der Waals surface area contributed by atoms with Gasteiger partial charge in [-0.25, -0.2) is 14.2 Å². The molecule has 6 heteroatoms. The second kappa shape index (κ2) is 6.44. The van der Waals surface area contributed by atoms with Gasteiger partial charge in [0.25, 0.3) is 0 Å². The van der Waals surface area contributed by atoms with Crippen molar-refractivity contribution in [3.05, 3.63) is 47.8 Å². The van der Waals surface area contributed by atoms with Crippen molar-refractivity contribution < 1.29 is 19.4 Å². The smallest absolute Gasteiger partial charge is 0.335 e. The minimum Gasteiger partial charge on any atom is -0.508 e. The van der Waals surface area contributed by atoms with Crippen LogP contribution >= 0.6 is 0 Å². The van der Waals surface area contributed by atoms with E-state index in [4.69, 9.17) is 0 Å². The van der Waals surface area contributed by atoms with Crippen LogP contribution in [0.1, 0.15) is 48.5 Å². The molecule has 26 heavy (non-hydrogen) atoms. The maximum Gasteiger partial charge on any atom is 0.335 e. The van der Waals surface area contributed by atoms with Gasteiger partial charge in [-0.2, -0.15) is 0 Å². The summed E-state index contributed by atoms with van der Waals surface area (Å²) in [6, 6.07) is 9.06. The summed E-state index contributed by atoms with van der Waals surface area (Å²) >= 11 is 0. The van der Waals surface area contributed by atoms with Crippen LogP contribution in [-0.4, -0.2) is 25.7 Å². The fraction of sp³-hybridized carbons (Fsp3) is 0.300. The summed E-state index contributed by atoms with van der Waals surface area (Å²) < 4.78 is 16.5. The topological polar surface area (TPSA) is 75.3 Å². The lowest BCUT2D eigenvalue weighted by atomic mass is 9.94. The van der Waals surface area contributed by atoms with Crippen LogP contribution in [0.2, 0.25) is 0 Å². The third-order valence-corrected chi connectivity index (χ3v) is 5.07. The lowest BCUT2D eigenvalue weighted by molar-refractivity contribution is 0.0697. The molecule has 4 rings (SSSR count). The van der Waals surface area contributed by atoms with Crippen molar-refractivity contribution in [3.63, 3.8) is 0 Å². The average Bonchev–Trinajstić information content (AvgIpc) is 3.00. The van der Waals surface area contributed by atoms with E-state index in [1.807, 2.05) is 4.57 Å². The second-order valence-electron chi connectivity index (χ2n) is 6.77. The highest BCUT2D eigenvalue weighted by Crippen LogP contribution is 2.37. The molecular weight excluding hydrogens is 335 g/mol. The number of phenolic OH excluding ortho intramolecular Hbond substituents is 1. The second-order valence-corrected chi connectivity index (χ2v) is 6.77. The van der Waals surface area contributed by atoms with Crippen LogP contribution in [0.5, 0.6) is 5.75 Å². The number of aromatic nitrogens is 2. The van der Waals surface area contributed by atoms with Crippen LogP contribution in [0.3, 0.4) is 0 Å². The standard InChI is InChI=1S/C20H19FN2O3/c21-16-11-14(24)7-8-15(16)19-22-17-10-12(20(25)26)6-9-18(17)23(19)13-4-2-1-3-5-13/h6-11,13,24H,1-5H2,(H,25,26). The molecule has 0 atom stereocenters. The van der Waals surface area contributed by atoms with Gasteiger partial charge in [-0.15, -0.1) is 0 Å². The Bertz CT molecular complexity index is 990. The van der Waals surface area contributed by atoms with Gasteiger partial charge in [0.15, 0.2) is 0 Å². The molecule has 0 aliphatic heterocycles. The summed E-state index contributed by atoms with van der Waals surface area (Å²) in [5, 5.41) is 18.7.